The molecule has 0 aromatic carbocycles. The van der Waals surface area contributed by atoms with Gasteiger partial charge in [0.15, 0.2) is 0 Å². The number of hydrogen-bond donors (Lipinski definition) is 0. The van der Waals surface area contributed by atoms with E-state index in [2.05, 4.69) is 38.1 Å². The summed E-state index contributed by atoms with van der Waals surface area (Å²) in [6, 6.07) is 2.15. The molecule has 1 rings (SSSR count). The molecule has 0 saturated carbocycles. The van der Waals surface area contributed by atoms with Crippen LogP contribution < -0.4 is 0 Å². The Morgan fingerprint density at radius 2 is 2.07 bits per heavy atom. The molecule has 15 heavy (non-hydrogen) atoms. The Balaban J connectivity index is 3.14. The maximum absolute atomic E-state index is 4.23. The van der Waals surface area contributed by atoms with E-state index in [1.807, 2.05) is 24.5 Å². The molecule has 1 nitrogen and oxygen atoms in total. The first-order valence-corrected chi connectivity index (χ1v) is 5.09. The van der Waals surface area contributed by atoms with Crippen molar-refractivity contribution in [2.75, 3.05) is 0 Å². The van der Waals surface area contributed by atoms with Crippen LogP contribution in [0.15, 0.2) is 49.8 Å². The number of rotatable bonds is 4. The SMILES string of the molecule is C=C/C=C(\C=C)c1cncc(C(C)C)c1. The second-order valence-corrected chi connectivity index (χ2v) is 3.72. The van der Waals surface area contributed by atoms with Crippen molar-refractivity contribution in [2.45, 2.75) is 19.8 Å². The van der Waals surface area contributed by atoms with Crippen molar-refractivity contribution in [3.8, 4) is 0 Å². The summed E-state index contributed by atoms with van der Waals surface area (Å²) in [5.74, 6) is 0.493. The Morgan fingerprint density at radius 3 is 2.60 bits per heavy atom. The Morgan fingerprint density at radius 1 is 1.33 bits per heavy atom. The molecule has 0 amide bonds. The fourth-order valence-electron chi connectivity index (χ4n) is 1.34. The highest BCUT2D eigenvalue weighted by Crippen LogP contribution is 2.20. The Bertz CT molecular complexity index is 386. The fraction of sp³-hybridized carbons (Fsp3) is 0.214. The van der Waals surface area contributed by atoms with Crippen LogP contribution in [0, 0.1) is 0 Å². The lowest BCUT2D eigenvalue weighted by molar-refractivity contribution is 0.857. The van der Waals surface area contributed by atoms with E-state index in [1.54, 1.807) is 6.08 Å². The van der Waals surface area contributed by atoms with Gasteiger partial charge in [-0.15, -0.1) is 0 Å². The topological polar surface area (TPSA) is 12.9 Å². The van der Waals surface area contributed by atoms with E-state index in [-0.39, 0.29) is 0 Å². The summed E-state index contributed by atoms with van der Waals surface area (Å²) >= 11 is 0. The monoisotopic (exact) mass is 199 g/mol. The van der Waals surface area contributed by atoms with E-state index >= 15 is 0 Å². The summed E-state index contributed by atoms with van der Waals surface area (Å²) in [6.45, 7) is 11.8. The molecule has 0 aliphatic heterocycles. The van der Waals surface area contributed by atoms with Crippen LogP contribution in [-0.4, -0.2) is 4.98 Å². The molecule has 0 fully saturated rings. The molecule has 0 aliphatic carbocycles. The van der Waals surface area contributed by atoms with Crippen LogP contribution in [0.5, 0.6) is 0 Å². The first kappa shape index (κ1) is 11.4. The van der Waals surface area contributed by atoms with Gasteiger partial charge >= 0.3 is 0 Å². The molecule has 1 aromatic rings. The smallest absolute Gasteiger partial charge is 0.0346 e. The maximum Gasteiger partial charge on any atom is 0.0346 e. The predicted molar refractivity (Wildman–Crippen MR) is 66.7 cm³/mol. The van der Waals surface area contributed by atoms with Gasteiger partial charge in [0.2, 0.25) is 0 Å². The summed E-state index contributed by atoms with van der Waals surface area (Å²) in [4.78, 5) is 4.23. The van der Waals surface area contributed by atoms with Crippen molar-refractivity contribution in [1.29, 1.82) is 0 Å². The molecule has 0 bridgehead atoms. The van der Waals surface area contributed by atoms with Crippen LogP contribution in [-0.2, 0) is 0 Å². The molecule has 0 aliphatic rings. The summed E-state index contributed by atoms with van der Waals surface area (Å²) in [7, 11) is 0. The van der Waals surface area contributed by atoms with Crippen LogP contribution in [0.1, 0.15) is 30.9 Å². The van der Waals surface area contributed by atoms with Crippen LogP contribution in [0.25, 0.3) is 5.57 Å². The predicted octanol–water partition coefficient (Wildman–Crippen LogP) is 3.96. The lowest BCUT2D eigenvalue weighted by atomic mass is 10.0. The molecule has 0 N–H and O–H groups in total. The van der Waals surface area contributed by atoms with Gasteiger partial charge in [-0.05, 0) is 23.1 Å². The van der Waals surface area contributed by atoms with Crippen molar-refractivity contribution in [3.63, 3.8) is 0 Å². The van der Waals surface area contributed by atoms with Gasteiger partial charge < -0.3 is 0 Å². The number of pyridine rings is 1. The summed E-state index contributed by atoms with van der Waals surface area (Å²) < 4.78 is 0. The van der Waals surface area contributed by atoms with E-state index in [0.29, 0.717) is 5.92 Å². The third-order valence-electron chi connectivity index (χ3n) is 2.28. The van der Waals surface area contributed by atoms with Crippen molar-refractivity contribution < 1.29 is 0 Å². The first-order valence-electron chi connectivity index (χ1n) is 5.09. The van der Waals surface area contributed by atoms with Gasteiger partial charge in [0.05, 0.1) is 0 Å². The average Bonchev–Trinajstić information content (AvgIpc) is 2.26. The molecular formula is C14H17N. The number of aromatic nitrogens is 1. The van der Waals surface area contributed by atoms with Crippen molar-refractivity contribution >= 4 is 5.57 Å². The van der Waals surface area contributed by atoms with Gasteiger partial charge in [0.1, 0.15) is 0 Å². The minimum Gasteiger partial charge on any atom is -0.264 e. The van der Waals surface area contributed by atoms with Gasteiger partial charge in [-0.25, -0.2) is 0 Å². The highest BCUT2D eigenvalue weighted by Gasteiger charge is 2.02. The largest absolute Gasteiger partial charge is 0.264 e. The Hall–Kier alpha value is -1.63. The second kappa shape index (κ2) is 5.30. The Kier molecular flexibility index (Phi) is 4.04. The molecule has 78 valence electrons. The highest BCUT2D eigenvalue weighted by molar-refractivity contribution is 5.74. The average molecular weight is 199 g/mol. The van der Waals surface area contributed by atoms with Gasteiger partial charge in [-0.2, -0.15) is 0 Å². The lowest BCUT2D eigenvalue weighted by Crippen LogP contribution is -1.91. The van der Waals surface area contributed by atoms with Crippen LogP contribution in [0.3, 0.4) is 0 Å². The zero-order chi connectivity index (χ0) is 11.3. The van der Waals surface area contributed by atoms with Gasteiger partial charge in [-0.3, -0.25) is 4.98 Å². The van der Waals surface area contributed by atoms with Crippen molar-refractivity contribution in [3.05, 3.63) is 61.0 Å². The van der Waals surface area contributed by atoms with Crippen LogP contribution >= 0.6 is 0 Å². The summed E-state index contributed by atoms with van der Waals surface area (Å²) in [5.41, 5.74) is 3.39. The third-order valence-corrected chi connectivity index (χ3v) is 2.28. The zero-order valence-corrected chi connectivity index (χ0v) is 9.40. The minimum absolute atomic E-state index is 0.493. The standard InChI is InChI=1S/C14H17N/c1-5-7-12(6-2)14-8-13(11(3)4)9-15-10-14/h5-11H,1-2H2,3-4H3/b12-7+. The van der Waals surface area contributed by atoms with Crippen LogP contribution in [0.2, 0.25) is 0 Å². The molecular weight excluding hydrogens is 182 g/mol. The minimum atomic E-state index is 0.493. The quantitative estimate of drug-likeness (QED) is 0.669. The number of nitrogens with zero attached hydrogens (tertiary/aromatic N) is 1. The summed E-state index contributed by atoms with van der Waals surface area (Å²) in [6.07, 6.45) is 9.28. The molecule has 0 spiro atoms. The normalized spacial score (nSPS) is 11.5. The fourth-order valence-corrected chi connectivity index (χ4v) is 1.34. The van der Waals surface area contributed by atoms with Crippen molar-refractivity contribution in [1.82, 2.24) is 4.98 Å². The highest BCUT2D eigenvalue weighted by atomic mass is 14.6. The molecule has 1 aromatic heterocycles. The maximum atomic E-state index is 4.23. The van der Waals surface area contributed by atoms with Gasteiger partial charge in [0, 0.05) is 18.0 Å². The molecule has 1 heteroatoms. The van der Waals surface area contributed by atoms with Crippen molar-refractivity contribution in [2.24, 2.45) is 0 Å². The van der Waals surface area contributed by atoms with E-state index in [0.717, 1.165) is 11.1 Å². The van der Waals surface area contributed by atoms with Crippen LogP contribution in [0.4, 0.5) is 0 Å². The summed E-state index contributed by atoms with van der Waals surface area (Å²) in [5, 5.41) is 0. The van der Waals surface area contributed by atoms with E-state index in [1.165, 1.54) is 5.56 Å². The molecule has 0 radical (unpaired) electrons. The molecule has 0 atom stereocenters. The first-order chi connectivity index (χ1) is 7.19. The molecule has 0 unspecified atom stereocenters. The number of allylic oxidation sites excluding steroid dienone is 4. The molecule has 0 saturated heterocycles. The lowest BCUT2D eigenvalue weighted by Gasteiger charge is -2.07. The zero-order valence-electron chi connectivity index (χ0n) is 9.40. The third kappa shape index (κ3) is 2.91. The second-order valence-electron chi connectivity index (χ2n) is 3.72. The molecule has 1 heterocycles. The van der Waals surface area contributed by atoms with Gasteiger partial charge in [0.25, 0.3) is 0 Å². The van der Waals surface area contributed by atoms with E-state index < -0.39 is 0 Å². The van der Waals surface area contributed by atoms with E-state index in [4.69, 9.17) is 0 Å². The van der Waals surface area contributed by atoms with E-state index in [9.17, 15) is 0 Å². The van der Waals surface area contributed by atoms with Gasteiger partial charge in [-0.1, -0.05) is 45.2 Å². The number of hydrogen-bond acceptors (Lipinski definition) is 1. The Labute approximate surface area is 91.9 Å².